The quantitative estimate of drug-likeness (QED) is 0.646. The molecule has 1 unspecified atom stereocenters. The average molecular weight is 260 g/mol. The predicted octanol–water partition coefficient (Wildman–Crippen LogP) is 2.06. The Morgan fingerprint density at radius 1 is 1.42 bits per heavy atom. The number of likely N-dealkylation sites (tertiary alicyclic amines) is 1. The van der Waals surface area contributed by atoms with Crippen molar-refractivity contribution in [3.05, 3.63) is 29.8 Å². The Labute approximate surface area is 115 Å². The number of aryl methyl sites for hydroxylation is 1. The lowest BCUT2D eigenvalue weighted by Crippen LogP contribution is -2.34. The van der Waals surface area contributed by atoms with E-state index < -0.39 is 0 Å². The molecule has 4 heteroatoms. The van der Waals surface area contributed by atoms with E-state index in [0.717, 1.165) is 18.8 Å². The normalized spacial score (nSPS) is 21.4. The van der Waals surface area contributed by atoms with Crippen LogP contribution in [0.2, 0.25) is 0 Å². The Kier molecular flexibility index (Phi) is 4.80. The van der Waals surface area contributed by atoms with Gasteiger partial charge in [0, 0.05) is 18.8 Å². The van der Waals surface area contributed by atoms with Crippen molar-refractivity contribution in [1.82, 2.24) is 4.90 Å². The number of nitrogens with zero attached hydrogens (tertiary/aromatic N) is 2. The number of nitrogens with two attached hydrogens (primary N) is 1. The Morgan fingerprint density at radius 3 is 2.84 bits per heavy atom. The molecule has 0 bridgehead atoms. The Morgan fingerprint density at radius 2 is 2.16 bits per heavy atom. The number of aliphatic imine (C=N–C) groups is 1. The van der Waals surface area contributed by atoms with E-state index >= 15 is 0 Å². The molecular formula is C15H24N4. The lowest BCUT2D eigenvalue weighted by atomic mass is 9.99. The molecule has 104 valence electrons. The van der Waals surface area contributed by atoms with Crippen molar-refractivity contribution >= 4 is 11.6 Å². The first-order valence-corrected chi connectivity index (χ1v) is 6.95. The number of nitrogens with one attached hydrogen (secondary N) is 1. The molecule has 0 radical (unpaired) electrons. The molecule has 0 amide bonds. The first-order valence-electron chi connectivity index (χ1n) is 6.95. The minimum absolute atomic E-state index is 0.511. The van der Waals surface area contributed by atoms with Gasteiger partial charge in [-0.05, 0) is 51.4 Å². The zero-order valence-corrected chi connectivity index (χ0v) is 11.9. The highest BCUT2D eigenvalue weighted by molar-refractivity contribution is 5.92. The minimum Gasteiger partial charge on any atom is -0.370 e. The molecule has 4 nitrogen and oxygen atoms in total. The number of hydrogen-bond acceptors (Lipinski definition) is 2. The third-order valence-corrected chi connectivity index (χ3v) is 3.57. The fourth-order valence-electron chi connectivity index (χ4n) is 2.47. The Bertz CT molecular complexity index is 424. The van der Waals surface area contributed by atoms with Crippen molar-refractivity contribution in [2.24, 2.45) is 16.6 Å². The van der Waals surface area contributed by atoms with Crippen molar-refractivity contribution in [2.45, 2.75) is 19.8 Å². The Hall–Kier alpha value is -1.55. The van der Waals surface area contributed by atoms with Crippen LogP contribution in [-0.2, 0) is 0 Å². The summed E-state index contributed by atoms with van der Waals surface area (Å²) in [6.07, 6.45) is 2.52. The van der Waals surface area contributed by atoms with Crippen LogP contribution in [-0.4, -0.2) is 37.5 Å². The maximum absolute atomic E-state index is 5.92. The summed E-state index contributed by atoms with van der Waals surface area (Å²) in [4.78, 5) is 6.82. The zero-order valence-electron chi connectivity index (χ0n) is 11.9. The van der Waals surface area contributed by atoms with Crippen LogP contribution in [0.25, 0.3) is 0 Å². The van der Waals surface area contributed by atoms with Gasteiger partial charge in [0.2, 0.25) is 0 Å². The van der Waals surface area contributed by atoms with E-state index in [1.807, 2.05) is 12.1 Å². The Balaban J connectivity index is 1.83. The molecule has 1 aliphatic rings. The van der Waals surface area contributed by atoms with Gasteiger partial charge in [-0.25, -0.2) is 0 Å². The van der Waals surface area contributed by atoms with Crippen molar-refractivity contribution in [3.63, 3.8) is 0 Å². The molecule has 1 atom stereocenters. The molecule has 3 N–H and O–H groups in total. The van der Waals surface area contributed by atoms with E-state index in [4.69, 9.17) is 5.73 Å². The van der Waals surface area contributed by atoms with Crippen LogP contribution in [0, 0.1) is 12.8 Å². The largest absolute Gasteiger partial charge is 0.370 e. The maximum atomic E-state index is 5.92. The van der Waals surface area contributed by atoms with Gasteiger partial charge >= 0.3 is 0 Å². The van der Waals surface area contributed by atoms with Crippen LogP contribution in [0.1, 0.15) is 18.4 Å². The van der Waals surface area contributed by atoms with Crippen molar-refractivity contribution in [3.8, 4) is 0 Å². The molecule has 19 heavy (non-hydrogen) atoms. The summed E-state index contributed by atoms with van der Waals surface area (Å²) in [6, 6.07) is 8.16. The molecule has 1 aromatic rings. The zero-order chi connectivity index (χ0) is 13.7. The average Bonchev–Trinajstić information content (AvgIpc) is 2.39. The fourth-order valence-corrected chi connectivity index (χ4v) is 2.47. The smallest absolute Gasteiger partial charge is 0.193 e. The highest BCUT2D eigenvalue weighted by atomic mass is 15.1. The van der Waals surface area contributed by atoms with E-state index in [1.165, 1.54) is 24.9 Å². The van der Waals surface area contributed by atoms with Crippen molar-refractivity contribution < 1.29 is 0 Å². The molecule has 2 rings (SSSR count). The fraction of sp³-hybridized carbons (Fsp3) is 0.533. The summed E-state index contributed by atoms with van der Waals surface area (Å²) in [7, 11) is 2.17. The van der Waals surface area contributed by atoms with Crippen LogP contribution >= 0.6 is 0 Å². The predicted molar refractivity (Wildman–Crippen MR) is 81.5 cm³/mol. The molecular weight excluding hydrogens is 236 g/mol. The molecule has 1 aliphatic heterocycles. The molecule has 0 aromatic heterocycles. The van der Waals surface area contributed by atoms with E-state index in [2.05, 4.69) is 41.3 Å². The van der Waals surface area contributed by atoms with Gasteiger partial charge in [0.15, 0.2) is 5.96 Å². The highest BCUT2D eigenvalue weighted by Gasteiger charge is 2.16. The van der Waals surface area contributed by atoms with Gasteiger partial charge < -0.3 is 16.0 Å². The van der Waals surface area contributed by atoms with Crippen LogP contribution in [0.3, 0.4) is 0 Å². The summed E-state index contributed by atoms with van der Waals surface area (Å²) in [5.74, 6) is 1.15. The standard InChI is InChI=1S/C15H24N4/c1-12-5-7-14(8-6-12)18-15(16)17-10-13-4-3-9-19(2)11-13/h5-8,13H,3-4,9-11H2,1-2H3,(H3,16,17,18). The maximum Gasteiger partial charge on any atom is 0.193 e. The van der Waals surface area contributed by atoms with Gasteiger partial charge in [-0.2, -0.15) is 0 Å². The van der Waals surface area contributed by atoms with E-state index in [-0.39, 0.29) is 0 Å². The van der Waals surface area contributed by atoms with Crippen molar-refractivity contribution in [2.75, 3.05) is 32.0 Å². The topological polar surface area (TPSA) is 53.6 Å². The summed E-state index contributed by atoms with van der Waals surface area (Å²) in [6.45, 7) is 5.22. The summed E-state index contributed by atoms with van der Waals surface area (Å²) in [5, 5.41) is 3.13. The number of anilines is 1. The monoisotopic (exact) mass is 260 g/mol. The molecule has 1 saturated heterocycles. The lowest BCUT2D eigenvalue weighted by molar-refractivity contribution is 0.214. The van der Waals surface area contributed by atoms with Crippen LogP contribution < -0.4 is 11.1 Å². The van der Waals surface area contributed by atoms with Gasteiger partial charge in [-0.15, -0.1) is 0 Å². The number of hydrogen-bond donors (Lipinski definition) is 2. The minimum atomic E-state index is 0.511. The molecule has 0 spiro atoms. The molecule has 1 heterocycles. The summed E-state index contributed by atoms with van der Waals surface area (Å²) in [5.41, 5.74) is 8.16. The van der Waals surface area contributed by atoms with Crippen LogP contribution in [0.4, 0.5) is 5.69 Å². The number of guanidine groups is 1. The summed E-state index contributed by atoms with van der Waals surface area (Å²) < 4.78 is 0. The second-order valence-corrected chi connectivity index (χ2v) is 5.49. The van der Waals surface area contributed by atoms with E-state index in [1.54, 1.807) is 0 Å². The number of rotatable bonds is 3. The lowest BCUT2D eigenvalue weighted by Gasteiger charge is -2.28. The molecule has 0 saturated carbocycles. The van der Waals surface area contributed by atoms with Gasteiger partial charge in [-0.1, -0.05) is 17.7 Å². The van der Waals surface area contributed by atoms with E-state index in [0.29, 0.717) is 11.9 Å². The van der Waals surface area contributed by atoms with Gasteiger partial charge in [0.05, 0.1) is 0 Å². The van der Waals surface area contributed by atoms with E-state index in [9.17, 15) is 0 Å². The second-order valence-electron chi connectivity index (χ2n) is 5.49. The molecule has 1 aromatic carbocycles. The second kappa shape index (κ2) is 6.57. The van der Waals surface area contributed by atoms with Gasteiger partial charge in [0.1, 0.15) is 0 Å². The number of benzene rings is 1. The van der Waals surface area contributed by atoms with Gasteiger partial charge in [-0.3, -0.25) is 4.99 Å². The van der Waals surface area contributed by atoms with Crippen LogP contribution in [0.5, 0.6) is 0 Å². The third kappa shape index (κ3) is 4.56. The third-order valence-electron chi connectivity index (χ3n) is 3.57. The SMILES string of the molecule is Cc1ccc(NC(N)=NCC2CCCN(C)C2)cc1. The molecule has 0 aliphatic carbocycles. The first-order chi connectivity index (χ1) is 9.13. The van der Waals surface area contributed by atoms with Gasteiger partial charge in [0.25, 0.3) is 0 Å². The number of piperidine rings is 1. The first kappa shape index (κ1) is 13.9. The van der Waals surface area contributed by atoms with Crippen LogP contribution in [0.15, 0.2) is 29.3 Å². The van der Waals surface area contributed by atoms with Crippen molar-refractivity contribution in [1.29, 1.82) is 0 Å². The molecule has 1 fully saturated rings. The highest BCUT2D eigenvalue weighted by Crippen LogP contribution is 2.15. The summed E-state index contributed by atoms with van der Waals surface area (Å²) >= 11 is 0.